The molecule has 0 amide bonds. The Hall–Kier alpha value is -1.96. The zero-order valence-corrected chi connectivity index (χ0v) is 15.5. The molecular weight excluding hydrogens is 358 g/mol. The van der Waals surface area contributed by atoms with Crippen molar-refractivity contribution in [2.24, 2.45) is 0 Å². The highest BCUT2D eigenvalue weighted by atomic mass is 35.5. The Balaban J connectivity index is 1.62. The number of hydrogen-bond donors (Lipinski definition) is 2. The van der Waals surface area contributed by atoms with Gasteiger partial charge in [0.05, 0.1) is 13.2 Å². The van der Waals surface area contributed by atoms with Crippen LogP contribution in [0, 0.1) is 6.92 Å². The maximum Gasteiger partial charge on any atom is 0.231 e. The second-order valence-electron chi connectivity index (χ2n) is 5.69. The van der Waals surface area contributed by atoms with Gasteiger partial charge in [-0.25, -0.2) is 4.98 Å². The van der Waals surface area contributed by atoms with Gasteiger partial charge in [0.25, 0.3) is 0 Å². The standard InChI is InChI=1S/C17H20ClN5OS/c1-12-10-15(23-6-8-24-9-7-23)21-16(20-12)22-17(25)19-11-13-4-2-3-5-14(13)18/h2-5,10H,6-9,11H2,1H3,(H2,19,20,21,22,25). The molecule has 0 unspecified atom stereocenters. The van der Waals surface area contributed by atoms with Gasteiger partial charge < -0.3 is 20.3 Å². The van der Waals surface area contributed by atoms with Crippen LogP contribution >= 0.6 is 23.8 Å². The molecule has 1 saturated heterocycles. The molecule has 8 heteroatoms. The Morgan fingerprint density at radius 1 is 1.28 bits per heavy atom. The highest BCUT2D eigenvalue weighted by Crippen LogP contribution is 2.17. The summed E-state index contributed by atoms with van der Waals surface area (Å²) >= 11 is 11.5. The molecule has 1 fully saturated rings. The second kappa shape index (κ2) is 8.42. The lowest BCUT2D eigenvalue weighted by Gasteiger charge is -2.28. The van der Waals surface area contributed by atoms with Crippen molar-refractivity contribution in [1.82, 2.24) is 15.3 Å². The topological polar surface area (TPSA) is 62.3 Å². The lowest BCUT2D eigenvalue weighted by molar-refractivity contribution is 0.122. The van der Waals surface area contributed by atoms with E-state index in [0.29, 0.717) is 35.8 Å². The van der Waals surface area contributed by atoms with E-state index in [1.165, 1.54) is 0 Å². The molecule has 0 spiro atoms. The molecule has 0 saturated carbocycles. The molecule has 1 aliphatic heterocycles. The molecule has 6 nitrogen and oxygen atoms in total. The van der Waals surface area contributed by atoms with Gasteiger partial charge in [0, 0.05) is 36.4 Å². The molecule has 0 atom stereocenters. The van der Waals surface area contributed by atoms with E-state index in [9.17, 15) is 0 Å². The minimum absolute atomic E-state index is 0.457. The van der Waals surface area contributed by atoms with Crippen LogP contribution in [0.4, 0.5) is 11.8 Å². The summed E-state index contributed by atoms with van der Waals surface area (Å²) in [7, 11) is 0. The normalized spacial score (nSPS) is 14.2. The number of halogens is 1. The maximum atomic E-state index is 6.15. The lowest BCUT2D eigenvalue weighted by atomic mass is 10.2. The molecule has 132 valence electrons. The fraction of sp³-hybridized carbons (Fsp3) is 0.353. The maximum absolute atomic E-state index is 6.15. The molecule has 3 rings (SSSR count). The fourth-order valence-electron chi connectivity index (χ4n) is 2.53. The largest absolute Gasteiger partial charge is 0.378 e. The molecule has 0 bridgehead atoms. The van der Waals surface area contributed by atoms with Gasteiger partial charge in [0.1, 0.15) is 5.82 Å². The Labute approximate surface area is 157 Å². The third-order valence-corrected chi connectivity index (χ3v) is 4.41. The Bertz CT molecular complexity index is 752. The summed E-state index contributed by atoms with van der Waals surface area (Å²) in [4.78, 5) is 11.2. The van der Waals surface area contributed by atoms with E-state index in [2.05, 4.69) is 25.5 Å². The Kier molecular flexibility index (Phi) is 6.01. The first-order chi connectivity index (χ1) is 12.1. The van der Waals surface area contributed by atoms with E-state index in [1.807, 2.05) is 37.3 Å². The van der Waals surface area contributed by atoms with E-state index in [0.717, 1.165) is 30.2 Å². The third-order valence-electron chi connectivity index (χ3n) is 3.80. The molecular formula is C17H20ClN5OS. The number of rotatable bonds is 4. The minimum atomic E-state index is 0.457. The number of benzene rings is 1. The van der Waals surface area contributed by atoms with Crippen molar-refractivity contribution >= 4 is 40.7 Å². The van der Waals surface area contributed by atoms with Crippen molar-refractivity contribution in [3.8, 4) is 0 Å². The first kappa shape index (κ1) is 17.8. The number of thiocarbonyl (C=S) groups is 1. The Morgan fingerprint density at radius 2 is 2.04 bits per heavy atom. The summed E-state index contributed by atoms with van der Waals surface area (Å²) in [5.41, 5.74) is 1.86. The minimum Gasteiger partial charge on any atom is -0.378 e. The first-order valence-corrected chi connectivity index (χ1v) is 8.87. The van der Waals surface area contributed by atoms with Crippen LogP contribution < -0.4 is 15.5 Å². The molecule has 1 aromatic carbocycles. The van der Waals surface area contributed by atoms with Crippen molar-refractivity contribution in [3.05, 3.63) is 46.6 Å². The zero-order valence-electron chi connectivity index (χ0n) is 14.0. The van der Waals surface area contributed by atoms with E-state index in [4.69, 9.17) is 28.6 Å². The van der Waals surface area contributed by atoms with Crippen molar-refractivity contribution in [2.75, 3.05) is 36.5 Å². The van der Waals surface area contributed by atoms with E-state index in [1.54, 1.807) is 0 Å². The van der Waals surface area contributed by atoms with Crippen LogP contribution in [-0.2, 0) is 11.3 Å². The predicted molar refractivity (Wildman–Crippen MR) is 104 cm³/mol. The average molecular weight is 378 g/mol. The molecule has 25 heavy (non-hydrogen) atoms. The number of nitrogens with one attached hydrogen (secondary N) is 2. The van der Waals surface area contributed by atoms with E-state index < -0.39 is 0 Å². The molecule has 2 heterocycles. The molecule has 1 aliphatic rings. The molecule has 0 aliphatic carbocycles. The van der Waals surface area contributed by atoms with Gasteiger partial charge in [-0.3, -0.25) is 0 Å². The number of morpholine rings is 1. The highest BCUT2D eigenvalue weighted by molar-refractivity contribution is 7.80. The fourth-order valence-corrected chi connectivity index (χ4v) is 2.89. The van der Waals surface area contributed by atoms with Crippen LogP contribution in [0.3, 0.4) is 0 Å². The summed E-state index contributed by atoms with van der Waals surface area (Å²) in [5.74, 6) is 1.37. The highest BCUT2D eigenvalue weighted by Gasteiger charge is 2.14. The van der Waals surface area contributed by atoms with Crippen LogP contribution in [0.1, 0.15) is 11.3 Å². The summed E-state index contributed by atoms with van der Waals surface area (Å²) < 4.78 is 5.39. The number of aryl methyl sites for hydroxylation is 1. The van der Waals surface area contributed by atoms with Crippen LogP contribution in [0.2, 0.25) is 5.02 Å². The van der Waals surface area contributed by atoms with Crippen LogP contribution in [0.5, 0.6) is 0 Å². The smallest absolute Gasteiger partial charge is 0.231 e. The number of ether oxygens (including phenoxy) is 1. The molecule has 2 N–H and O–H groups in total. The van der Waals surface area contributed by atoms with Gasteiger partial charge >= 0.3 is 0 Å². The van der Waals surface area contributed by atoms with Crippen LogP contribution in [0.25, 0.3) is 0 Å². The van der Waals surface area contributed by atoms with Crippen molar-refractivity contribution in [2.45, 2.75) is 13.5 Å². The summed E-state index contributed by atoms with van der Waals surface area (Å²) in [6.45, 7) is 5.55. The van der Waals surface area contributed by atoms with E-state index >= 15 is 0 Å². The molecule has 2 aromatic rings. The quantitative estimate of drug-likeness (QED) is 0.794. The van der Waals surface area contributed by atoms with Crippen molar-refractivity contribution < 1.29 is 4.74 Å². The summed E-state index contributed by atoms with van der Waals surface area (Å²) in [6.07, 6.45) is 0. The van der Waals surface area contributed by atoms with Gasteiger partial charge in [0.15, 0.2) is 5.11 Å². The number of anilines is 2. The number of nitrogens with zero attached hydrogens (tertiary/aromatic N) is 3. The van der Waals surface area contributed by atoms with Gasteiger partial charge in [-0.15, -0.1) is 0 Å². The van der Waals surface area contributed by atoms with Gasteiger partial charge in [-0.2, -0.15) is 4.98 Å². The van der Waals surface area contributed by atoms with E-state index in [-0.39, 0.29) is 0 Å². The van der Waals surface area contributed by atoms with Gasteiger partial charge in [-0.1, -0.05) is 29.8 Å². The SMILES string of the molecule is Cc1cc(N2CCOCC2)nc(NC(=S)NCc2ccccc2Cl)n1. The average Bonchev–Trinajstić information content (AvgIpc) is 2.61. The summed E-state index contributed by atoms with van der Waals surface area (Å²) in [5, 5.41) is 7.34. The lowest BCUT2D eigenvalue weighted by Crippen LogP contribution is -2.37. The number of hydrogen-bond acceptors (Lipinski definition) is 5. The van der Waals surface area contributed by atoms with Gasteiger partial charge in [0.2, 0.25) is 5.95 Å². The predicted octanol–water partition coefficient (Wildman–Crippen LogP) is 2.76. The van der Waals surface area contributed by atoms with Crippen molar-refractivity contribution in [1.29, 1.82) is 0 Å². The monoisotopic (exact) mass is 377 g/mol. The summed E-state index contributed by atoms with van der Waals surface area (Å²) in [6, 6.07) is 9.62. The van der Waals surface area contributed by atoms with Crippen LogP contribution in [0.15, 0.2) is 30.3 Å². The molecule has 1 aromatic heterocycles. The third kappa shape index (κ3) is 5.01. The molecule has 0 radical (unpaired) electrons. The van der Waals surface area contributed by atoms with Crippen molar-refractivity contribution in [3.63, 3.8) is 0 Å². The zero-order chi connectivity index (χ0) is 17.6. The Morgan fingerprint density at radius 3 is 2.80 bits per heavy atom. The van der Waals surface area contributed by atoms with Gasteiger partial charge in [-0.05, 0) is 30.8 Å². The number of aromatic nitrogens is 2. The second-order valence-corrected chi connectivity index (χ2v) is 6.51. The first-order valence-electron chi connectivity index (χ1n) is 8.08. The van der Waals surface area contributed by atoms with Crippen LogP contribution in [-0.4, -0.2) is 41.4 Å².